The van der Waals surface area contributed by atoms with E-state index in [4.69, 9.17) is 14.0 Å². The zero-order valence-corrected chi connectivity index (χ0v) is 19.8. The molecule has 1 heterocycles. The molecule has 0 aliphatic heterocycles. The second-order valence-electron chi connectivity index (χ2n) is 8.04. The normalized spacial score (nSPS) is 10.8. The molecule has 4 rings (SSSR count). The lowest BCUT2D eigenvalue weighted by Crippen LogP contribution is -2.23. The number of hydrogen-bond donors (Lipinski definition) is 1. The standard InChI is InChI=1S/C28H29N3O4/c1-2-34-25-13-11-24(12-14-25)28-30-27(35-31-28)16-15-26(32)29-18-22-9-6-10-23(17-22)20-33-19-21-7-4-3-5-8-21/h3-14,17H,2,15-16,18-20H2,1H3,(H,29,32). The average Bonchev–Trinajstić information content (AvgIpc) is 3.37. The van der Waals surface area contributed by atoms with E-state index in [-0.39, 0.29) is 12.3 Å². The van der Waals surface area contributed by atoms with Gasteiger partial charge in [-0.3, -0.25) is 4.79 Å². The molecule has 0 bridgehead atoms. The second kappa shape index (κ2) is 12.5. The minimum Gasteiger partial charge on any atom is -0.494 e. The van der Waals surface area contributed by atoms with Crippen molar-refractivity contribution in [1.29, 1.82) is 0 Å². The van der Waals surface area contributed by atoms with Gasteiger partial charge in [-0.2, -0.15) is 4.98 Å². The summed E-state index contributed by atoms with van der Waals surface area (Å²) in [5.74, 6) is 1.65. The second-order valence-corrected chi connectivity index (χ2v) is 8.04. The van der Waals surface area contributed by atoms with E-state index in [0.717, 1.165) is 28.0 Å². The molecule has 0 atom stereocenters. The van der Waals surface area contributed by atoms with Crippen LogP contribution in [0, 0.1) is 0 Å². The van der Waals surface area contributed by atoms with Crippen LogP contribution in [0.15, 0.2) is 83.4 Å². The third-order valence-corrected chi connectivity index (χ3v) is 5.32. The Bertz CT molecular complexity index is 1210. The van der Waals surface area contributed by atoms with Gasteiger partial charge >= 0.3 is 0 Å². The fourth-order valence-corrected chi connectivity index (χ4v) is 3.54. The van der Waals surface area contributed by atoms with Crippen LogP contribution in [0.4, 0.5) is 0 Å². The fourth-order valence-electron chi connectivity index (χ4n) is 3.54. The van der Waals surface area contributed by atoms with E-state index in [1.807, 2.05) is 85.8 Å². The van der Waals surface area contributed by atoms with E-state index < -0.39 is 0 Å². The van der Waals surface area contributed by atoms with Crippen LogP contribution in [0.2, 0.25) is 0 Å². The molecular formula is C28H29N3O4. The quantitative estimate of drug-likeness (QED) is 0.309. The van der Waals surface area contributed by atoms with Crippen molar-refractivity contribution in [2.75, 3.05) is 6.61 Å². The van der Waals surface area contributed by atoms with Crippen LogP contribution in [0.5, 0.6) is 5.75 Å². The summed E-state index contributed by atoms with van der Waals surface area (Å²) in [6, 6.07) is 25.6. The van der Waals surface area contributed by atoms with Gasteiger partial charge in [0.05, 0.1) is 19.8 Å². The van der Waals surface area contributed by atoms with E-state index in [1.165, 1.54) is 0 Å². The van der Waals surface area contributed by atoms with Crippen molar-refractivity contribution in [3.05, 3.63) is 101 Å². The molecule has 0 fully saturated rings. The summed E-state index contributed by atoms with van der Waals surface area (Å²) in [6.07, 6.45) is 0.647. The zero-order chi connectivity index (χ0) is 24.3. The van der Waals surface area contributed by atoms with Crippen LogP contribution in [0.1, 0.15) is 35.9 Å². The average molecular weight is 472 g/mol. The number of benzene rings is 3. The number of aromatic nitrogens is 2. The summed E-state index contributed by atoms with van der Waals surface area (Å²) < 4.78 is 16.6. The molecule has 35 heavy (non-hydrogen) atoms. The predicted molar refractivity (Wildman–Crippen MR) is 132 cm³/mol. The summed E-state index contributed by atoms with van der Waals surface area (Å²) >= 11 is 0. The Kier molecular flexibility index (Phi) is 8.62. The summed E-state index contributed by atoms with van der Waals surface area (Å²) in [7, 11) is 0. The molecule has 1 N–H and O–H groups in total. The Morgan fingerprint density at radius 3 is 2.46 bits per heavy atom. The van der Waals surface area contributed by atoms with E-state index >= 15 is 0 Å². The highest BCUT2D eigenvalue weighted by Crippen LogP contribution is 2.20. The van der Waals surface area contributed by atoms with E-state index in [1.54, 1.807) is 0 Å². The van der Waals surface area contributed by atoms with E-state index in [9.17, 15) is 4.79 Å². The van der Waals surface area contributed by atoms with Crippen LogP contribution in [-0.4, -0.2) is 22.7 Å². The van der Waals surface area contributed by atoms with Crippen LogP contribution >= 0.6 is 0 Å². The van der Waals surface area contributed by atoms with Crippen molar-refractivity contribution in [1.82, 2.24) is 15.5 Å². The fraction of sp³-hybridized carbons (Fsp3) is 0.250. The largest absolute Gasteiger partial charge is 0.494 e. The molecule has 0 aliphatic carbocycles. The summed E-state index contributed by atoms with van der Waals surface area (Å²) in [5.41, 5.74) is 4.07. The number of nitrogens with zero attached hydrogens (tertiary/aromatic N) is 2. The van der Waals surface area contributed by atoms with Crippen LogP contribution in [0.25, 0.3) is 11.4 Å². The summed E-state index contributed by atoms with van der Waals surface area (Å²) in [4.78, 5) is 16.7. The number of hydrogen-bond acceptors (Lipinski definition) is 6. The Hall–Kier alpha value is -3.97. The molecular weight excluding hydrogens is 442 g/mol. The molecule has 3 aromatic carbocycles. The van der Waals surface area contributed by atoms with Gasteiger partial charge in [-0.25, -0.2) is 0 Å². The van der Waals surface area contributed by atoms with Gasteiger partial charge in [0.15, 0.2) is 0 Å². The number of nitrogens with one attached hydrogen (secondary N) is 1. The van der Waals surface area contributed by atoms with Gasteiger partial charge < -0.3 is 19.3 Å². The third-order valence-electron chi connectivity index (χ3n) is 5.32. The van der Waals surface area contributed by atoms with Gasteiger partial charge in [-0.05, 0) is 47.9 Å². The maximum Gasteiger partial charge on any atom is 0.227 e. The van der Waals surface area contributed by atoms with Crippen molar-refractivity contribution in [2.45, 2.75) is 39.5 Å². The highest BCUT2D eigenvalue weighted by Gasteiger charge is 2.11. The number of rotatable bonds is 12. The Morgan fingerprint density at radius 2 is 1.66 bits per heavy atom. The molecule has 180 valence electrons. The molecule has 0 unspecified atom stereocenters. The first-order valence-electron chi connectivity index (χ1n) is 11.7. The van der Waals surface area contributed by atoms with Crippen molar-refractivity contribution in [2.24, 2.45) is 0 Å². The lowest BCUT2D eigenvalue weighted by Gasteiger charge is -2.08. The topological polar surface area (TPSA) is 86.5 Å². The number of carbonyl (C=O) groups is 1. The summed E-state index contributed by atoms with van der Waals surface area (Å²) in [5, 5.41) is 6.97. The van der Waals surface area contributed by atoms with Crippen LogP contribution < -0.4 is 10.1 Å². The maximum absolute atomic E-state index is 12.3. The summed E-state index contributed by atoms with van der Waals surface area (Å²) in [6.45, 7) is 4.09. The maximum atomic E-state index is 12.3. The number of aryl methyl sites for hydroxylation is 1. The van der Waals surface area contributed by atoms with Crippen molar-refractivity contribution >= 4 is 5.91 Å². The predicted octanol–water partition coefficient (Wildman–Crippen LogP) is 5.10. The first-order chi connectivity index (χ1) is 17.2. The lowest BCUT2D eigenvalue weighted by molar-refractivity contribution is -0.121. The van der Waals surface area contributed by atoms with Gasteiger partial charge in [0.1, 0.15) is 5.75 Å². The molecule has 0 aliphatic rings. The Morgan fingerprint density at radius 1 is 0.914 bits per heavy atom. The van der Waals surface area contributed by atoms with Crippen molar-refractivity contribution in [3.63, 3.8) is 0 Å². The van der Waals surface area contributed by atoms with E-state index in [2.05, 4.69) is 15.5 Å². The number of amides is 1. The Balaban J connectivity index is 1.20. The van der Waals surface area contributed by atoms with Gasteiger partial charge in [0.25, 0.3) is 0 Å². The van der Waals surface area contributed by atoms with Crippen LogP contribution in [-0.2, 0) is 35.7 Å². The van der Waals surface area contributed by atoms with E-state index in [0.29, 0.717) is 44.5 Å². The monoisotopic (exact) mass is 471 g/mol. The Labute approximate surface area is 205 Å². The molecule has 1 aromatic heterocycles. The molecule has 0 spiro atoms. The van der Waals surface area contributed by atoms with Gasteiger partial charge in [-0.15, -0.1) is 0 Å². The molecule has 0 radical (unpaired) electrons. The molecule has 7 nitrogen and oxygen atoms in total. The number of carbonyl (C=O) groups excluding carboxylic acids is 1. The highest BCUT2D eigenvalue weighted by molar-refractivity contribution is 5.76. The van der Waals surface area contributed by atoms with Gasteiger partial charge in [0.2, 0.25) is 17.6 Å². The highest BCUT2D eigenvalue weighted by atomic mass is 16.5. The first kappa shape index (κ1) is 24.2. The van der Waals surface area contributed by atoms with Crippen LogP contribution in [0.3, 0.4) is 0 Å². The molecule has 4 aromatic rings. The van der Waals surface area contributed by atoms with Crippen molar-refractivity contribution < 1.29 is 18.8 Å². The van der Waals surface area contributed by atoms with Crippen molar-refractivity contribution in [3.8, 4) is 17.1 Å². The smallest absolute Gasteiger partial charge is 0.227 e. The molecule has 7 heteroatoms. The molecule has 0 saturated carbocycles. The van der Waals surface area contributed by atoms with Gasteiger partial charge in [-0.1, -0.05) is 59.8 Å². The first-order valence-corrected chi connectivity index (χ1v) is 11.7. The third kappa shape index (κ3) is 7.52. The SMILES string of the molecule is CCOc1ccc(-c2noc(CCC(=O)NCc3cccc(COCc4ccccc4)c3)n2)cc1. The lowest BCUT2D eigenvalue weighted by atomic mass is 10.1. The number of ether oxygens (including phenoxy) is 2. The minimum absolute atomic E-state index is 0.0726. The molecule has 0 saturated heterocycles. The zero-order valence-electron chi connectivity index (χ0n) is 19.8. The molecule has 1 amide bonds. The van der Waals surface area contributed by atoms with Gasteiger partial charge in [0, 0.05) is 24.9 Å². The minimum atomic E-state index is -0.0726.